The quantitative estimate of drug-likeness (QED) is 0.625. The van der Waals surface area contributed by atoms with E-state index in [2.05, 4.69) is 5.10 Å². The first kappa shape index (κ1) is 9.78. The van der Waals surface area contributed by atoms with Crippen LogP contribution in [0.25, 0.3) is 16.6 Å². The average molecular weight is 222 g/mol. The smallest absolute Gasteiger partial charge is 0.170 e. The maximum Gasteiger partial charge on any atom is 0.170 e. The summed E-state index contributed by atoms with van der Waals surface area (Å²) in [6.45, 7) is 0. The van der Waals surface area contributed by atoms with E-state index in [4.69, 9.17) is 0 Å². The van der Waals surface area contributed by atoms with Crippen LogP contribution in [0, 0.1) is 0 Å². The van der Waals surface area contributed by atoms with Gasteiger partial charge < -0.3 is 0 Å². The fourth-order valence-electron chi connectivity index (χ4n) is 1.95. The van der Waals surface area contributed by atoms with Gasteiger partial charge in [-0.1, -0.05) is 36.4 Å². The van der Waals surface area contributed by atoms with Crippen molar-refractivity contribution < 1.29 is 4.79 Å². The Balaban J connectivity index is 2.29. The van der Waals surface area contributed by atoms with Crippen LogP contribution in [-0.4, -0.2) is 15.9 Å². The lowest BCUT2D eigenvalue weighted by Gasteiger charge is -2.03. The van der Waals surface area contributed by atoms with E-state index in [1.165, 1.54) is 0 Å². The van der Waals surface area contributed by atoms with Crippen molar-refractivity contribution in [2.24, 2.45) is 0 Å². The first-order valence-corrected chi connectivity index (χ1v) is 5.37. The van der Waals surface area contributed by atoms with Gasteiger partial charge in [0.25, 0.3) is 0 Å². The molecule has 17 heavy (non-hydrogen) atoms. The number of carbonyl (C=O) groups is 1. The van der Waals surface area contributed by atoms with Crippen LogP contribution in [-0.2, 0) is 0 Å². The molecule has 0 atom stereocenters. The SMILES string of the molecule is O=Cc1cc2c(-c3ccccc3)cccn2n1. The number of benzene rings is 1. The molecule has 0 unspecified atom stereocenters. The maximum atomic E-state index is 10.7. The Morgan fingerprint density at radius 1 is 1.06 bits per heavy atom. The van der Waals surface area contributed by atoms with Gasteiger partial charge in [-0.3, -0.25) is 4.79 Å². The largest absolute Gasteiger partial charge is 0.296 e. The van der Waals surface area contributed by atoms with E-state index in [-0.39, 0.29) is 0 Å². The molecule has 0 radical (unpaired) electrons. The summed E-state index contributed by atoms with van der Waals surface area (Å²) >= 11 is 0. The number of fused-ring (bicyclic) bond motifs is 1. The zero-order valence-electron chi connectivity index (χ0n) is 9.08. The number of aldehydes is 1. The third-order valence-electron chi connectivity index (χ3n) is 2.73. The van der Waals surface area contributed by atoms with Crippen molar-refractivity contribution in [2.45, 2.75) is 0 Å². The number of pyridine rings is 1. The molecule has 3 aromatic rings. The molecule has 3 nitrogen and oxygen atoms in total. The zero-order valence-corrected chi connectivity index (χ0v) is 9.08. The number of nitrogens with zero attached hydrogens (tertiary/aromatic N) is 2. The fraction of sp³-hybridized carbons (Fsp3) is 0. The normalized spacial score (nSPS) is 10.6. The second-order valence-electron chi connectivity index (χ2n) is 3.80. The van der Waals surface area contributed by atoms with Crippen LogP contribution in [0.3, 0.4) is 0 Å². The minimum atomic E-state index is 0.452. The summed E-state index contributed by atoms with van der Waals surface area (Å²) in [5.41, 5.74) is 3.60. The second kappa shape index (κ2) is 3.87. The van der Waals surface area contributed by atoms with E-state index in [0.29, 0.717) is 5.69 Å². The lowest BCUT2D eigenvalue weighted by atomic mass is 10.1. The van der Waals surface area contributed by atoms with E-state index in [0.717, 1.165) is 22.9 Å². The van der Waals surface area contributed by atoms with Gasteiger partial charge in [0.2, 0.25) is 0 Å². The van der Waals surface area contributed by atoms with Gasteiger partial charge in [-0.25, -0.2) is 4.52 Å². The molecule has 0 saturated heterocycles. The summed E-state index contributed by atoms with van der Waals surface area (Å²) in [6.07, 6.45) is 2.61. The lowest BCUT2D eigenvalue weighted by molar-refractivity contribution is 0.111. The molecule has 2 aromatic heterocycles. The van der Waals surface area contributed by atoms with Crippen LogP contribution in [0.1, 0.15) is 10.5 Å². The van der Waals surface area contributed by atoms with Crippen molar-refractivity contribution in [3.8, 4) is 11.1 Å². The molecule has 2 heterocycles. The average Bonchev–Trinajstić information content (AvgIpc) is 2.82. The highest BCUT2D eigenvalue weighted by Crippen LogP contribution is 2.24. The third kappa shape index (κ3) is 1.61. The Labute approximate surface area is 98.3 Å². The summed E-state index contributed by atoms with van der Waals surface area (Å²) < 4.78 is 1.73. The minimum absolute atomic E-state index is 0.452. The van der Waals surface area contributed by atoms with Gasteiger partial charge in [0.15, 0.2) is 6.29 Å². The first-order valence-electron chi connectivity index (χ1n) is 5.37. The highest BCUT2D eigenvalue weighted by molar-refractivity contribution is 5.84. The predicted octanol–water partition coefficient (Wildman–Crippen LogP) is 2.81. The highest BCUT2D eigenvalue weighted by Gasteiger charge is 2.06. The Morgan fingerprint density at radius 3 is 2.65 bits per heavy atom. The van der Waals surface area contributed by atoms with Crippen LogP contribution >= 0.6 is 0 Å². The van der Waals surface area contributed by atoms with E-state index in [9.17, 15) is 4.79 Å². The number of rotatable bonds is 2. The molecule has 0 aliphatic carbocycles. The van der Waals surface area contributed by atoms with Gasteiger partial charge in [-0.15, -0.1) is 0 Å². The summed E-state index contributed by atoms with van der Waals surface area (Å²) in [6, 6.07) is 15.8. The van der Waals surface area contributed by atoms with Crippen molar-refractivity contribution in [1.29, 1.82) is 0 Å². The monoisotopic (exact) mass is 222 g/mol. The molecule has 3 rings (SSSR count). The number of hydrogen-bond acceptors (Lipinski definition) is 2. The van der Waals surface area contributed by atoms with Crippen molar-refractivity contribution in [1.82, 2.24) is 9.61 Å². The van der Waals surface area contributed by atoms with E-state index in [1.807, 2.05) is 48.7 Å². The molecule has 0 aliphatic rings. The molecule has 0 fully saturated rings. The molecule has 82 valence electrons. The molecule has 0 bridgehead atoms. The molecule has 1 aromatic carbocycles. The molecule has 0 N–H and O–H groups in total. The van der Waals surface area contributed by atoms with Gasteiger partial charge in [-0.2, -0.15) is 5.10 Å². The van der Waals surface area contributed by atoms with Crippen molar-refractivity contribution in [3.05, 3.63) is 60.4 Å². The Kier molecular flexibility index (Phi) is 2.22. The van der Waals surface area contributed by atoms with Crippen LogP contribution < -0.4 is 0 Å². The standard InChI is InChI=1S/C14H10N2O/c17-10-12-9-14-13(7-4-8-16(14)15-12)11-5-2-1-3-6-11/h1-10H. The molecular weight excluding hydrogens is 212 g/mol. The highest BCUT2D eigenvalue weighted by atomic mass is 16.1. The van der Waals surface area contributed by atoms with Crippen LogP contribution in [0.5, 0.6) is 0 Å². The van der Waals surface area contributed by atoms with Crippen LogP contribution in [0.4, 0.5) is 0 Å². The van der Waals surface area contributed by atoms with Crippen molar-refractivity contribution in [2.75, 3.05) is 0 Å². The Morgan fingerprint density at radius 2 is 1.88 bits per heavy atom. The number of carbonyl (C=O) groups excluding carboxylic acids is 1. The second-order valence-corrected chi connectivity index (χ2v) is 3.80. The zero-order chi connectivity index (χ0) is 11.7. The van der Waals surface area contributed by atoms with E-state index < -0.39 is 0 Å². The lowest BCUT2D eigenvalue weighted by Crippen LogP contribution is -1.89. The molecule has 3 heteroatoms. The fourth-order valence-corrected chi connectivity index (χ4v) is 1.95. The summed E-state index contributed by atoms with van der Waals surface area (Å²) in [5.74, 6) is 0. The summed E-state index contributed by atoms with van der Waals surface area (Å²) in [7, 11) is 0. The van der Waals surface area contributed by atoms with Gasteiger partial charge in [0.05, 0.1) is 5.52 Å². The van der Waals surface area contributed by atoms with Gasteiger partial charge in [0.1, 0.15) is 5.69 Å². The van der Waals surface area contributed by atoms with Gasteiger partial charge >= 0.3 is 0 Å². The molecule has 0 aliphatic heterocycles. The predicted molar refractivity (Wildman–Crippen MR) is 66.0 cm³/mol. The third-order valence-corrected chi connectivity index (χ3v) is 2.73. The topological polar surface area (TPSA) is 34.4 Å². The van der Waals surface area contributed by atoms with Crippen molar-refractivity contribution in [3.63, 3.8) is 0 Å². The molecule has 0 spiro atoms. The Hall–Kier alpha value is -2.42. The molecule has 0 saturated carbocycles. The number of aromatic nitrogens is 2. The van der Waals surface area contributed by atoms with Crippen LogP contribution in [0.15, 0.2) is 54.7 Å². The van der Waals surface area contributed by atoms with E-state index in [1.54, 1.807) is 10.6 Å². The van der Waals surface area contributed by atoms with Gasteiger partial charge in [-0.05, 0) is 17.7 Å². The minimum Gasteiger partial charge on any atom is -0.296 e. The van der Waals surface area contributed by atoms with Crippen molar-refractivity contribution >= 4 is 11.8 Å². The van der Waals surface area contributed by atoms with E-state index >= 15 is 0 Å². The van der Waals surface area contributed by atoms with Crippen LogP contribution in [0.2, 0.25) is 0 Å². The summed E-state index contributed by atoms with van der Waals surface area (Å²) in [5, 5.41) is 4.17. The first-order chi connectivity index (χ1) is 8.38. The Bertz CT molecular complexity index is 671. The summed E-state index contributed by atoms with van der Waals surface area (Å²) in [4.78, 5) is 10.7. The number of hydrogen-bond donors (Lipinski definition) is 0. The van der Waals surface area contributed by atoms with Gasteiger partial charge in [0, 0.05) is 11.8 Å². The molecule has 0 amide bonds. The maximum absolute atomic E-state index is 10.7. The molecular formula is C14H10N2O.